The molecule has 0 aromatic heterocycles. The van der Waals surface area contributed by atoms with Gasteiger partial charge >= 0.3 is 0 Å². The van der Waals surface area contributed by atoms with Crippen LogP contribution < -0.4 is 0 Å². The Kier molecular flexibility index (Phi) is 2.10. The molecule has 2 rings (SSSR count). The molecule has 0 saturated heterocycles. The Morgan fingerprint density at radius 1 is 1.08 bits per heavy atom. The van der Waals surface area contributed by atoms with Gasteiger partial charge in [0, 0.05) is 5.02 Å². The first-order chi connectivity index (χ1) is 5.77. The Balaban J connectivity index is 2.49. The molecule has 0 unspecified atom stereocenters. The van der Waals surface area contributed by atoms with Crippen molar-refractivity contribution in [3.63, 3.8) is 0 Å². The molecular weight excluding hydrogens is 168 g/mol. The van der Waals surface area contributed by atoms with E-state index in [1.807, 2.05) is 0 Å². The number of hydrogen-bond acceptors (Lipinski definition) is 0. The quantitative estimate of drug-likeness (QED) is 0.573. The van der Waals surface area contributed by atoms with Crippen molar-refractivity contribution in [1.82, 2.24) is 0 Å². The molecule has 1 aliphatic rings. The van der Waals surface area contributed by atoms with E-state index in [0.29, 0.717) is 0 Å². The minimum Gasteiger partial charge on any atom is -0.0840 e. The van der Waals surface area contributed by atoms with Gasteiger partial charge in [-0.15, -0.1) is 0 Å². The van der Waals surface area contributed by atoms with Gasteiger partial charge in [0.15, 0.2) is 0 Å². The molecule has 0 aliphatic heterocycles. The molecule has 0 N–H and O–H groups in total. The molecule has 0 heterocycles. The van der Waals surface area contributed by atoms with Gasteiger partial charge in [0.1, 0.15) is 0 Å². The lowest BCUT2D eigenvalue weighted by molar-refractivity contribution is 0.685. The Hall–Kier alpha value is -0.490. The van der Waals surface area contributed by atoms with E-state index in [2.05, 4.69) is 19.1 Å². The fourth-order valence-electron chi connectivity index (χ4n) is 1.88. The first-order valence-electron chi connectivity index (χ1n) is 4.55. The molecule has 0 amide bonds. The van der Waals surface area contributed by atoms with E-state index in [-0.39, 0.29) is 0 Å². The van der Waals surface area contributed by atoms with Crippen molar-refractivity contribution in [2.24, 2.45) is 0 Å². The SMILES string of the molecule is Cc1cc2c(cc1Cl)CCCC2. The predicted molar refractivity (Wildman–Crippen MR) is 52.8 cm³/mol. The molecule has 0 nitrogen and oxygen atoms in total. The first kappa shape index (κ1) is 8.12. The van der Waals surface area contributed by atoms with E-state index in [1.54, 1.807) is 0 Å². The highest BCUT2D eigenvalue weighted by atomic mass is 35.5. The van der Waals surface area contributed by atoms with Crippen molar-refractivity contribution >= 4 is 11.6 Å². The van der Waals surface area contributed by atoms with Gasteiger partial charge in [0.05, 0.1) is 0 Å². The van der Waals surface area contributed by atoms with Crippen LogP contribution in [-0.2, 0) is 12.8 Å². The highest BCUT2D eigenvalue weighted by molar-refractivity contribution is 6.31. The summed E-state index contributed by atoms with van der Waals surface area (Å²) in [5.74, 6) is 0. The monoisotopic (exact) mass is 180 g/mol. The molecule has 1 heteroatoms. The number of benzene rings is 1. The van der Waals surface area contributed by atoms with Gasteiger partial charge in [0.2, 0.25) is 0 Å². The molecule has 1 aromatic carbocycles. The lowest BCUT2D eigenvalue weighted by Gasteiger charge is -2.16. The summed E-state index contributed by atoms with van der Waals surface area (Å²) in [6.07, 6.45) is 5.13. The van der Waals surface area contributed by atoms with Crippen molar-refractivity contribution < 1.29 is 0 Å². The molecule has 0 saturated carbocycles. The second-order valence-electron chi connectivity index (χ2n) is 3.58. The maximum absolute atomic E-state index is 6.05. The molecule has 0 radical (unpaired) electrons. The average Bonchev–Trinajstić information content (AvgIpc) is 2.07. The molecule has 1 aromatic rings. The van der Waals surface area contributed by atoms with Crippen LogP contribution in [0.25, 0.3) is 0 Å². The normalized spacial score (nSPS) is 15.8. The van der Waals surface area contributed by atoms with Crippen molar-refractivity contribution in [1.29, 1.82) is 0 Å². The topological polar surface area (TPSA) is 0 Å². The van der Waals surface area contributed by atoms with Gasteiger partial charge in [-0.25, -0.2) is 0 Å². The fourth-order valence-corrected chi connectivity index (χ4v) is 2.07. The largest absolute Gasteiger partial charge is 0.0840 e. The van der Waals surface area contributed by atoms with E-state index in [1.165, 1.54) is 42.4 Å². The van der Waals surface area contributed by atoms with Crippen LogP contribution in [0, 0.1) is 6.92 Å². The second kappa shape index (κ2) is 3.10. The maximum Gasteiger partial charge on any atom is 0.0438 e. The molecule has 12 heavy (non-hydrogen) atoms. The van der Waals surface area contributed by atoms with Crippen molar-refractivity contribution in [2.45, 2.75) is 32.6 Å². The lowest BCUT2D eigenvalue weighted by atomic mass is 9.91. The molecule has 1 aliphatic carbocycles. The molecule has 0 bridgehead atoms. The number of hydrogen-bond donors (Lipinski definition) is 0. The number of halogens is 1. The van der Waals surface area contributed by atoms with E-state index in [9.17, 15) is 0 Å². The Morgan fingerprint density at radius 3 is 2.33 bits per heavy atom. The Morgan fingerprint density at radius 2 is 1.67 bits per heavy atom. The van der Waals surface area contributed by atoms with Crippen molar-refractivity contribution in [2.75, 3.05) is 0 Å². The van der Waals surface area contributed by atoms with Crippen LogP contribution in [-0.4, -0.2) is 0 Å². The number of aryl methyl sites for hydroxylation is 3. The van der Waals surface area contributed by atoms with Gasteiger partial charge in [0.25, 0.3) is 0 Å². The third-order valence-corrected chi connectivity index (χ3v) is 3.03. The summed E-state index contributed by atoms with van der Waals surface area (Å²) in [6.45, 7) is 2.08. The molecule has 64 valence electrons. The highest BCUT2D eigenvalue weighted by Gasteiger charge is 2.10. The summed E-state index contributed by atoms with van der Waals surface area (Å²) in [7, 11) is 0. The van der Waals surface area contributed by atoms with Gasteiger partial charge in [-0.3, -0.25) is 0 Å². The van der Waals surface area contributed by atoms with Crippen LogP contribution in [0.15, 0.2) is 12.1 Å². The van der Waals surface area contributed by atoms with Crippen LogP contribution in [0.3, 0.4) is 0 Å². The zero-order valence-electron chi connectivity index (χ0n) is 7.36. The first-order valence-corrected chi connectivity index (χ1v) is 4.93. The van der Waals surface area contributed by atoms with Gasteiger partial charge in [-0.05, 0) is 55.4 Å². The third-order valence-electron chi connectivity index (χ3n) is 2.62. The molecular formula is C11H13Cl. The molecule has 0 fully saturated rings. The van der Waals surface area contributed by atoms with Crippen LogP contribution in [0.1, 0.15) is 29.5 Å². The van der Waals surface area contributed by atoms with Crippen molar-refractivity contribution in [3.05, 3.63) is 33.8 Å². The number of rotatable bonds is 0. The summed E-state index contributed by atoms with van der Waals surface area (Å²) >= 11 is 6.05. The Bertz CT molecular complexity index is 271. The summed E-state index contributed by atoms with van der Waals surface area (Å²) in [5, 5.41) is 0.927. The summed E-state index contributed by atoms with van der Waals surface area (Å²) in [5.41, 5.74) is 4.21. The van der Waals surface area contributed by atoms with Crippen LogP contribution in [0.2, 0.25) is 5.02 Å². The Labute approximate surface area is 78.6 Å². The second-order valence-corrected chi connectivity index (χ2v) is 3.98. The standard InChI is InChI=1S/C11H13Cl/c1-8-6-9-4-2-3-5-10(9)7-11(8)12/h6-7H,2-5H2,1H3. The highest BCUT2D eigenvalue weighted by Crippen LogP contribution is 2.26. The predicted octanol–water partition coefficient (Wildman–Crippen LogP) is 3.53. The zero-order chi connectivity index (χ0) is 8.55. The van der Waals surface area contributed by atoms with Gasteiger partial charge in [-0.2, -0.15) is 0 Å². The van der Waals surface area contributed by atoms with E-state index < -0.39 is 0 Å². The van der Waals surface area contributed by atoms with E-state index in [0.717, 1.165) is 5.02 Å². The summed E-state index contributed by atoms with van der Waals surface area (Å²) in [4.78, 5) is 0. The zero-order valence-corrected chi connectivity index (χ0v) is 8.12. The smallest absolute Gasteiger partial charge is 0.0438 e. The summed E-state index contributed by atoms with van der Waals surface area (Å²) in [6, 6.07) is 4.39. The van der Waals surface area contributed by atoms with E-state index in [4.69, 9.17) is 11.6 Å². The number of fused-ring (bicyclic) bond motifs is 1. The van der Waals surface area contributed by atoms with Gasteiger partial charge < -0.3 is 0 Å². The van der Waals surface area contributed by atoms with Crippen molar-refractivity contribution in [3.8, 4) is 0 Å². The lowest BCUT2D eigenvalue weighted by Crippen LogP contribution is -2.02. The van der Waals surface area contributed by atoms with Crippen LogP contribution >= 0.6 is 11.6 Å². The average molecular weight is 181 g/mol. The van der Waals surface area contributed by atoms with E-state index >= 15 is 0 Å². The third kappa shape index (κ3) is 1.36. The van der Waals surface area contributed by atoms with Crippen LogP contribution in [0.4, 0.5) is 0 Å². The molecule has 0 atom stereocenters. The molecule has 0 spiro atoms. The fraction of sp³-hybridized carbons (Fsp3) is 0.455. The summed E-state index contributed by atoms with van der Waals surface area (Å²) < 4.78 is 0. The van der Waals surface area contributed by atoms with Crippen LogP contribution in [0.5, 0.6) is 0 Å². The minimum absolute atomic E-state index is 0.927. The minimum atomic E-state index is 0.927. The maximum atomic E-state index is 6.05. The van der Waals surface area contributed by atoms with Gasteiger partial charge in [-0.1, -0.05) is 17.7 Å².